The van der Waals surface area contributed by atoms with Crippen LogP contribution in [0.5, 0.6) is 0 Å². The third kappa shape index (κ3) is 6.37. The highest BCUT2D eigenvalue weighted by Crippen LogP contribution is 2.23. The standard InChI is InChI=1S/C15H24N2O.2C2H6/c1-4-18-15-9-10-17(11-15)14-7-5-13(6-8-14)12(2)16-3;2*1-2/h5-8,12,15-16H,4,9-11H2,1-3H3;2*1-2H3. The van der Waals surface area contributed by atoms with E-state index in [2.05, 4.69) is 48.3 Å². The van der Waals surface area contributed by atoms with Gasteiger partial charge in [0.2, 0.25) is 0 Å². The molecule has 2 atom stereocenters. The van der Waals surface area contributed by atoms with Crippen molar-refractivity contribution in [1.29, 1.82) is 0 Å². The molecule has 128 valence electrons. The van der Waals surface area contributed by atoms with E-state index < -0.39 is 0 Å². The number of ether oxygens (including phenoxy) is 1. The Bertz CT molecular complexity index is 364. The van der Waals surface area contributed by atoms with Gasteiger partial charge in [-0.25, -0.2) is 0 Å². The zero-order valence-corrected chi connectivity index (χ0v) is 15.6. The highest BCUT2D eigenvalue weighted by atomic mass is 16.5. The number of hydrogen-bond acceptors (Lipinski definition) is 3. The largest absolute Gasteiger partial charge is 0.377 e. The average molecular weight is 309 g/mol. The maximum Gasteiger partial charge on any atom is 0.0766 e. The van der Waals surface area contributed by atoms with Gasteiger partial charge in [-0.05, 0) is 45.0 Å². The summed E-state index contributed by atoms with van der Waals surface area (Å²) in [5, 5.41) is 3.26. The second kappa shape index (κ2) is 12.5. The molecule has 1 N–H and O–H groups in total. The molecule has 1 fully saturated rings. The Kier molecular flexibility index (Phi) is 11.9. The molecule has 0 saturated carbocycles. The van der Waals surface area contributed by atoms with Gasteiger partial charge in [0, 0.05) is 31.4 Å². The Morgan fingerprint density at radius 3 is 2.27 bits per heavy atom. The van der Waals surface area contributed by atoms with Gasteiger partial charge in [-0.15, -0.1) is 0 Å². The fraction of sp³-hybridized carbons (Fsp3) is 0.684. The number of nitrogens with zero attached hydrogens (tertiary/aromatic N) is 1. The van der Waals surface area contributed by atoms with Crippen molar-refractivity contribution < 1.29 is 4.74 Å². The van der Waals surface area contributed by atoms with E-state index in [-0.39, 0.29) is 0 Å². The molecule has 0 aliphatic carbocycles. The molecule has 0 spiro atoms. The van der Waals surface area contributed by atoms with Crippen LogP contribution >= 0.6 is 0 Å². The van der Waals surface area contributed by atoms with E-state index in [1.54, 1.807) is 0 Å². The molecule has 1 aliphatic rings. The van der Waals surface area contributed by atoms with Crippen LogP contribution in [-0.4, -0.2) is 32.8 Å². The van der Waals surface area contributed by atoms with Gasteiger partial charge in [-0.2, -0.15) is 0 Å². The van der Waals surface area contributed by atoms with E-state index in [0.29, 0.717) is 12.1 Å². The van der Waals surface area contributed by atoms with Crippen LogP contribution in [-0.2, 0) is 4.74 Å². The molecule has 0 bridgehead atoms. The third-order valence-electron chi connectivity index (χ3n) is 3.74. The quantitative estimate of drug-likeness (QED) is 0.858. The van der Waals surface area contributed by atoms with Crippen molar-refractivity contribution in [2.75, 3.05) is 31.6 Å². The van der Waals surface area contributed by atoms with Gasteiger partial charge in [0.1, 0.15) is 0 Å². The lowest BCUT2D eigenvalue weighted by Crippen LogP contribution is -2.22. The summed E-state index contributed by atoms with van der Waals surface area (Å²) in [5.41, 5.74) is 2.64. The fourth-order valence-corrected chi connectivity index (χ4v) is 2.47. The first-order valence-corrected chi connectivity index (χ1v) is 8.88. The minimum atomic E-state index is 0.408. The molecule has 1 aromatic rings. The Hall–Kier alpha value is -1.06. The van der Waals surface area contributed by atoms with Crippen LogP contribution < -0.4 is 10.2 Å². The summed E-state index contributed by atoms with van der Waals surface area (Å²) in [6.07, 6.45) is 1.55. The van der Waals surface area contributed by atoms with Gasteiger partial charge in [0.05, 0.1) is 6.10 Å². The van der Waals surface area contributed by atoms with Crippen molar-refractivity contribution in [2.45, 2.75) is 60.1 Å². The van der Waals surface area contributed by atoms with Crippen LogP contribution in [0.1, 0.15) is 59.6 Å². The van der Waals surface area contributed by atoms with E-state index in [9.17, 15) is 0 Å². The zero-order valence-electron chi connectivity index (χ0n) is 15.6. The average Bonchev–Trinajstić information content (AvgIpc) is 3.07. The van der Waals surface area contributed by atoms with Crippen LogP contribution in [0.25, 0.3) is 0 Å². The molecule has 1 aromatic carbocycles. The van der Waals surface area contributed by atoms with Gasteiger partial charge < -0.3 is 15.0 Å². The van der Waals surface area contributed by atoms with Crippen LogP contribution in [0.15, 0.2) is 24.3 Å². The molecule has 1 aliphatic heterocycles. The fourth-order valence-electron chi connectivity index (χ4n) is 2.47. The number of anilines is 1. The van der Waals surface area contributed by atoms with Crippen LogP contribution in [0.3, 0.4) is 0 Å². The molecule has 22 heavy (non-hydrogen) atoms. The third-order valence-corrected chi connectivity index (χ3v) is 3.74. The molecule has 0 amide bonds. The Morgan fingerprint density at radius 2 is 1.77 bits per heavy atom. The van der Waals surface area contributed by atoms with Crippen molar-refractivity contribution in [1.82, 2.24) is 5.32 Å². The summed E-state index contributed by atoms with van der Waals surface area (Å²) >= 11 is 0. The monoisotopic (exact) mass is 308 g/mol. The molecular weight excluding hydrogens is 272 g/mol. The summed E-state index contributed by atoms with van der Waals surface area (Å²) in [7, 11) is 1.99. The van der Waals surface area contributed by atoms with E-state index in [1.165, 1.54) is 11.3 Å². The van der Waals surface area contributed by atoms with E-state index >= 15 is 0 Å². The summed E-state index contributed by atoms with van der Waals surface area (Å²) in [6, 6.07) is 9.28. The minimum absolute atomic E-state index is 0.408. The van der Waals surface area contributed by atoms with Gasteiger partial charge >= 0.3 is 0 Å². The molecule has 2 rings (SSSR count). The maximum absolute atomic E-state index is 5.68. The Balaban J connectivity index is 0.00000102. The van der Waals surface area contributed by atoms with Gasteiger partial charge in [-0.1, -0.05) is 39.8 Å². The predicted octanol–water partition coefficient (Wildman–Crippen LogP) is 4.63. The summed E-state index contributed by atoms with van der Waals surface area (Å²) in [5.74, 6) is 0. The number of nitrogens with one attached hydrogen (secondary N) is 1. The predicted molar refractivity (Wildman–Crippen MR) is 98.9 cm³/mol. The highest BCUT2D eigenvalue weighted by Gasteiger charge is 2.22. The first kappa shape index (κ1) is 20.9. The molecule has 0 radical (unpaired) electrons. The smallest absolute Gasteiger partial charge is 0.0766 e. The van der Waals surface area contributed by atoms with E-state index in [1.807, 2.05) is 34.7 Å². The van der Waals surface area contributed by atoms with Crippen molar-refractivity contribution in [2.24, 2.45) is 0 Å². The van der Waals surface area contributed by atoms with Crippen molar-refractivity contribution in [3.63, 3.8) is 0 Å². The lowest BCUT2D eigenvalue weighted by molar-refractivity contribution is 0.0787. The molecule has 1 heterocycles. The molecule has 0 aromatic heterocycles. The lowest BCUT2D eigenvalue weighted by atomic mass is 10.1. The molecular formula is C19H36N2O. The summed E-state index contributed by atoms with van der Waals surface area (Å²) < 4.78 is 5.68. The Labute approximate surface area is 138 Å². The van der Waals surface area contributed by atoms with Crippen molar-refractivity contribution in [3.05, 3.63) is 29.8 Å². The van der Waals surface area contributed by atoms with Crippen LogP contribution in [0, 0.1) is 0 Å². The van der Waals surface area contributed by atoms with Crippen molar-refractivity contribution in [3.8, 4) is 0 Å². The second-order valence-corrected chi connectivity index (χ2v) is 4.91. The number of benzene rings is 1. The minimum Gasteiger partial charge on any atom is -0.377 e. The topological polar surface area (TPSA) is 24.5 Å². The van der Waals surface area contributed by atoms with Crippen LogP contribution in [0.2, 0.25) is 0 Å². The van der Waals surface area contributed by atoms with Gasteiger partial charge in [-0.3, -0.25) is 0 Å². The van der Waals surface area contributed by atoms with Crippen molar-refractivity contribution >= 4 is 5.69 Å². The maximum atomic E-state index is 5.68. The number of rotatable bonds is 5. The first-order chi connectivity index (χ1) is 10.7. The summed E-state index contributed by atoms with van der Waals surface area (Å²) in [6.45, 7) is 15.2. The van der Waals surface area contributed by atoms with Gasteiger partial charge in [0.15, 0.2) is 0 Å². The van der Waals surface area contributed by atoms with E-state index in [0.717, 1.165) is 26.1 Å². The SMILES string of the molecule is CC.CC.CCOC1CCN(c2ccc(C(C)NC)cc2)C1. The van der Waals surface area contributed by atoms with E-state index in [4.69, 9.17) is 4.74 Å². The first-order valence-electron chi connectivity index (χ1n) is 8.88. The second-order valence-electron chi connectivity index (χ2n) is 4.91. The highest BCUT2D eigenvalue weighted by molar-refractivity contribution is 5.49. The van der Waals surface area contributed by atoms with Crippen LogP contribution in [0.4, 0.5) is 5.69 Å². The lowest BCUT2D eigenvalue weighted by Gasteiger charge is -2.20. The molecule has 3 nitrogen and oxygen atoms in total. The van der Waals surface area contributed by atoms with Gasteiger partial charge in [0.25, 0.3) is 0 Å². The Morgan fingerprint density at radius 1 is 1.18 bits per heavy atom. The molecule has 3 heteroatoms. The summed E-state index contributed by atoms with van der Waals surface area (Å²) in [4.78, 5) is 2.41. The zero-order chi connectivity index (χ0) is 17.0. The molecule has 2 unspecified atom stereocenters. The molecule has 1 saturated heterocycles. The number of hydrogen-bond donors (Lipinski definition) is 1. The normalized spacial score (nSPS) is 18.0.